The standard InChI is InChI=1S/C15H22/c1-9-6-8-12-14(15(12,3)4)13-10(2)5-7-11(9)13/h5,11-14H,1,6-8H2,2-4H3. The van der Waals surface area contributed by atoms with Crippen LogP contribution >= 0.6 is 0 Å². The van der Waals surface area contributed by atoms with Gasteiger partial charge in [-0.15, -0.1) is 0 Å². The summed E-state index contributed by atoms with van der Waals surface area (Å²) < 4.78 is 0. The lowest BCUT2D eigenvalue weighted by molar-refractivity contribution is 0.366. The molecule has 4 atom stereocenters. The van der Waals surface area contributed by atoms with E-state index in [0.717, 1.165) is 23.7 Å². The summed E-state index contributed by atoms with van der Waals surface area (Å²) in [6.07, 6.45) is 6.43. The SMILES string of the molecule is C=C1CCC2C(C3C(C)=CCC13)C2(C)C. The van der Waals surface area contributed by atoms with E-state index in [1.165, 1.54) is 24.8 Å². The van der Waals surface area contributed by atoms with Crippen LogP contribution in [0.1, 0.15) is 40.0 Å². The molecule has 3 aliphatic rings. The molecule has 3 rings (SSSR count). The predicted octanol–water partition coefficient (Wildman–Crippen LogP) is 4.19. The molecule has 0 bridgehead atoms. The Bertz CT molecular complexity index is 345. The van der Waals surface area contributed by atoms with E-state index in [0.29, 0.717) is 5.41 Å². The maximum atomic E-state index is 4.32. The smallest absolute Gasteiger partial charge is 0.0101 e. The van der Waals surface area contributed by atoms with Gasteiger partial charge in [0.1, 0.15) is 0 Å². The van der Waals surface area contributed by atoms with Gasteiger partial charge in [0, 0.05) is 0 Å². The quantitative estimate of drug-likeness (QED) is 0.517. The molecular formula is C15H22. The largest absolute Gasteiger partial charge is 0.0995 e. The van der Waals surface area contributed by atoms with Crippen molar-refractivity contribution in [3.63, 3.8) is 0 Å². The summed E-state index contributed by atoms with van der Waals surface area (Å²) in [7, 11) is 0. The number of fused-ring (bicyclic) bond motifs is 3. The van der Waals surface area contributed by atoms with Crippen molar-refractivity contribution in [1.82, 2.24) is 0 Å². The fourth-order valence-corrected chi connectivity index (χ4v) is 4.44. The zero-order valence-corrected chi connectivity index (χ0v) is 10.2. The van der Waals surface area contributed by atoms with E-state index in [-0.39, 0.29) is 0 Å². The first-order valence-corrected chi connectivity index (χ1v) is 6.38. The van der Waals surface area contributed by atoms with Gasteiger partial charge < -0.3 is 0 Å². The van der Waals surface area contributed by atoms with Gasteiger partial charge in [-0.05, 0) is 55.3 Å². The molecule has 0 heterocycles. The minimum atomic E-state index is 0.614. The first-order valence-electron chi connectivity index (χ1n) is 6.38. The van der Waals surface area contributed by atoms with Crippen LogP contribution in [0.3, 0.4) is 0 Å². The molecule has 2 saturated carbocycles. The average Bonchev–Trinajstić information content (AvgIpc) is 2.55. The number of rotatable bonds is 0. The highest BCUT2D eigenvalue weighted by molar-refractivity contribution is 5.29. The van der Waals surface area contributed by atoms with Crippen molar-refractivity contribution in [3.05, 3.63) is 23.8 Å². The van der Waals surface area contributed by atoms with Gasteiger partial charge in [-0.2, -0.15) is 0 Å². The van der Waals surface area contributed by atoms with Crippen LogP contribution in [0.15, 0.2) is 23.8 Å². The third-order valence-corrected chi connectivity index (χ3v) is 5.48. The van der Waals surface area contributed by atoms with Gasteiger partial charge in [-0.1, -0.05) is 37.6 Å². The lowest BCUT2D eigenvalue weighted by Crippen LogP contribution is -2.16. The molecule has 0 radical (unpaired) electrons. The van der Waals surface area contributed by atoms with E-state index in [9.17, 15) is 0 Å². The van der Waals surface area contributed by atoms with Crippen molar-refractivity contribution in [3.8, 4) is 0 Å². The van der Waals surface area contributed by atoms with Crippen LogP contribution in [0.2, 0.25) is 0 Å². The Labute approximate surface area is 93.5 Å². The van der Waals surface area contributed by atoms with Crippen LogP contribution in [0.25, 0.3) is 0 Å². The fraction of sp³-hybridized carbons (Fsp3) is 0.733. The lowest BCUT2D eigenvalue weighted by atomic mass is 9.80. The minimum absolute atomic E-state index is 0.614. The molecule has 0 aromatic heterocycles. The molecule has 0 aromatic rings. The van der Waals surface area contributed by atoms with Gasteiger partial charge in [-0.25, -0.2) is 0 Å². The predicted molar refractivity (Wildman–Crippen MR) is 64.5 cm³/mol. The van der Waals surface area contributed by atoms with Gasteiger partial charge in [0.2, 0.25) is 0 Å². The monoisotopic (exact) mass is 202 g/mol. The van der Waals surface area contributed by atoms with Crippen LogP contribution < -0.4 is 0 Å². The van der Waals surface area contributed by atoms with Crippen molar-refractivity contribution in [1.29, 1.82) is 0 Å². The van der Waals surface area contributed by atoms with Crippen molar-refractivity contribution in [2.24, 2.45) is 29.1 Å². The van der Waals surface area contributed by atoms with E-state index >= 15 is 0 Å². The Morgan fingerprint density at radius 2 is 2.13 bits per heavy atom. The average molecular weight is 202 g/mol. The lowest BCUT2D eigenvalue weighted by Gasteiger charge is -2.24. The van der Waals surface area contributed by atoms with E-state index in [4.69, 9.17) is 0 Å². The van der Waals surface area contributed by atoms with Gasteiger partial charge in [0.25, 0.3) is 0 Å². The first kappa shape index (κ1) is 9.69. The van der Waals surface area contributed by atoms with Crippen LogP contribution in [-0.2, 0) is 0 Å². The second-order valence-corrected chi connectivity index (χ2v) is 6.47. The van der Waals surface area contributed by atoms with E-state index in [1.807, 2.05) is 0 Å². The molecule has 0 saturated heterocycles. The van der Waals surface area contributed by atoms with Gasteiger partial charge in [0.15, 0.2) is 0 Å². The Hall–Kier alpha value is -0.520. The summed E-state index contributed by atoms with van der Waals surface area (Å²) in [5.74, 6) is 3.58. The van der Waals surface area contributed by atoms with Crippen molar-refractivity contribution >= 4 is 0 Å². The van der Waals surface area contributed by atoms with Crippen LogP contribution in [0.4, 0.5) is 0 Å². The van der Waals surface area contributed by atoms with Gasteiger partial charge in [-0.3, -0.25) is 0 Å². The van der Waals surface area contributed by atoms with E-state index < -0.39 is 0 Å². The van der Waals surface area contributed by atoms with Crippen molar-refractivity contribution < 1.29 is 0 Å². The molecular weight excluding hydrogens is 180 g/mol. The molecule has 0 aliphatic heterocycles. The molecule has 3 aliphatic carbocycles. The third-order valence-electron chi connectivity index (χ3n) is 5.48. The summed E-state index contributed by atoms with van der Waals surface area (Å²) in [5, 5.41) is 0. The van der Waals surface area contributed by atoms with Crippen LogP contribution in [0, 0.1) is 29.1 Å². The Morgan fingerprint density at radius 3 is 2.87 bits per heavy atom. The first-order chi connectivity index (χ1) is 7.03. The number of hydrogen-bond acceptors (Lipinski definition) is 0. The maximum absolute atomic E-state index is 4.32. The minimum Gasteiger partial charge on any atom is -0.0995 e. The summed E-state index contributed by atoms with van der Waals surface area (Å²) in [6.45, 7) is 11.6. The highest BCUT2D eigenvalue weighted by atomic mass is 14.7. The zero-order valence-electron chi connectivity index (χ0n) is 10.2. The van der Waals surface area contributed by atoms with Crippen molar-refractivity contribution in [2.75, 3.05) is 0 Å². The van der Waals surface area contributed by atoms with E-state index in [2.05, 4.69) is 33.4 Å². The summed E-state index contributed by atoms with van der Waals surface area (Å²) in [4.78, 5) is 0. The second kappa shape index (κ2) is 2.78. The maximum Gasteiger partial charge on any atom is -0.0101 e. The Kier molecular flexibility index (Phi) is 1.80. The third kappa shape index (κ3) is 1.14. The number of hydrogen-bond donors (Lipinski definition) is 0. The number of allylic oxidation sites excluding steroid dienone is 3. The highest BCUT2D eigenvalue weighted by Crippen LogP contribution is 2.69. The van der Waals surface area contributed by atoms with Gasteiger partial charge in [0.05, 0.1) is 0 Å². The summed E-state index contributed by atoms with van der Waals surface area (Å²) >= 11 is 0. The summed E-state index contributed by atoms with van der Waals surface area (Å²) in [6, 6.07) is 0. The van der Waals surface area contributed by atoms with Crippen LogP contribution in [0.5, 0.6) is 0 Å². The molecule has 82 valence electrons. The topological polar surface area (TPSA) is 0 Å². The summed E-state index contributed by atoms with van der Waals surface area (Å²) in [5.41, 5.74) is 3.81. The molecule has 0 spiro atoms. The fourth-order valence-electron chi connectivity index (χ4n) is 4.44. The molecule has 0 amide bonds. The molecule has 0 heteroatoms. The molecule has 4 unspecified atom stereocenters. The van der Waals surface area contributed by atoms with E-state index in [1.54, 1.807) is 5.57 Å². The van der Waals surface area contributed by atoms with Crippen LogP contribution in [-0.4, -0.2) is 0 Å². The molecule has 0 aromatic carbocycles. The molecule has 2 fully saturated rings. The molecule has 0 nitrogen and oxygen atoms in total. The molecule has 0 N–H and O–H groups in total. The normalized spacial score (nSPS) is 46.6. The highest BCUT2D eigenvalue weighted by Gasteiger charge is 2.63. The second-order valence-electron chi connectivity index (χ2n) is 6.47. The van der Waals surface area contributed by atoms with Crippen molar-refractivity contribution in [2.45, 2.75) is 40.0 Å². The zero-order chi connectivity index (χ0) is 10.8. The molecule has 15 heavy (non-hydrogen) atoms. The Balaban J connectivity index is 1.96. The van der Waals surface area contributed by atoms with Gasteiger partial charge >= 0.3 is 0 Å². The Morgan fingerprint density at radius 1 is 1.40 bits per heavy atom.